The van der Waals surface area contributed by atoms with E-state index in [4.69, 9.17) is 40.5 Å². The van der Waals surface area contributed by atoms with E-state index in [-0.39, 0.29) is 5.91 Å². The van der Waals surface area contributed by atoms with Gasteiger partial charge in [0.25, 0.3) is 0 Å². The molecule has 1 aromatic heterocycles. The lowest BCUT2D eigenvalue weighted by molar-refractivity contribution is -0.117. The van der Waals surface area contributed by atoms with Crippen molar-refractivity contribution in [3.8, 4) is 11.1 Å². The van der Waals surface area contributed by atoms with Crippen LogP contribution in [0, 0.1) is 0 Å². The van der Waals surface area contributed by atoms with Gasteiger partial charge in [-0.05, 0) is 48.9 Å². The lowest BCUT2D eigenvalue weighted by Crippen LogP contribution is -2.23. The average molecular weight is 474 g/mol. The van der Waals surface area contributed by atoms with Crippen LogP contribution in [0.15, 0.2) is 60.8 Å². The van der Waals surface area contributed by atoms with Crippen LogP contribution >= 0.6 is 34.8 Å². The van der Waals surface area contributed by atoms with E-state index in [1.54, 1.807) is 24.4 Å². The number of benzene rings is 3. The van der Waals surface area contributed by atoms with Crippen molar-refractivity contribution in [1.82, 2.24) is 10.2 Å². The standard InChI is InChI=1S/C23H19Cl3N4O/c24-19-4-2-1-3-17(19)18-11-15(9-14-12-28-30-22(14)18)29-23(31)16(7-8-27)13-5-6-20(25)21(26)10-13/h1-6,9-12,16H,7-8,27H2,(H,28,30)(H,29,31). The Morgan fingerprint density at radius 1 is 1.00 bits per heavy atom. The van der Waals surface area contributed by atoms with E-state index in [0.29, 0.717) is 33.7 Å². The first kappa shape index (κ1) is 21.7. The van der Waals surface area contributed by atoms with Gasteiger partial charge >= 0.3 is 0 Å². The Balaban J connectivity index is 1.71. The van der Waals surface area contributed by atoms with E-state index in [1.165, 1.54) is 0 Å². The lowest BCUT2D eigenvalue weighted by atomic mass is 9.94. The first-order valence-electron chi connectivity index (χ1n) is 9.66. The van der Waals surface area contributed by atoms with Crippen LogP contribution in [0.4, 0.5) is 5.69 Å². The largest absolute Gasteiger partial charge is 0.330 e. The molecule has 0 fully saturated rings. The predicted molar refractivity (Wildman–Crippen MR) is 128 cm³/mol. The van der Waals surface area contributed by atoms with Crippen LogP contribution < -0.4 is 11.1 Å². The molecule has 0 aliphatic carbocycles. The number of hydrogen-bond donors (Lipinski definition) is 3. The maximum atomic E-state index is 13.2. The van der Waals surface area contributed by atoms with Crippen molar-refractivity contribution >= 4 is 57.3 Å². The second-order valence-electron chi connectivity index (χ2n) is 7.13. The Morgan fingerprint density at radius 2 is 1.81 bits per heavy atom. The van der Waals surface area contributed by atoms with Crippen molar-refractivity contribution in [3.63, 3.8) is 0 Å². The molecule has 4 rings (SSSR count). The highest BCUT2D eigenvalue weighted by Gasteiger charge is 2.22. The van der Waals surface area contributed by atoms with Gasteiger partial charge in [0.1, 0.15) is 0 Å². The molecular formula is C23H19Cl3N4O. The van der Waals surface area contributed by atoms with E-state index in [9.17, 15) is 4.79 Å². The Bertz CT molecular complexity index is 1250. The zero-order valence-corrected chi connectivity index (χ0v) is 18.6. The number of rotatable bonds is 6. The number of anilines is 1. The fourth-order valence-electron chi connectivity index (χ4n) is 3.60. The van der Waals surface area contributed by atoms with E-state index >= 15 is 0 Å². The van der Waals surface area contributed by atoms with Crippen LogP contribution in [-0.2, 0) is 4.79 Å². The van der Waals surface area contributed by atoms with E-state index in [2.05, 4.69) is 15.5 Å². The molecule has 0 saturated heterocycles. The number of nitrogens with two attached hydrogens (primary N) is 1. The molecule has 0 saturated carbocycles. The molecular weight excluding hydrogens is 455 g/mol. The summed E-state index contributed by atoms with van der Waals surface area (Å²) in [7, 11) is 0. The number of aromatic amines is 1. The fraction of sp³-hybridized carbons (Fsp3) is 0.130. The molecule has 0 aliphatic rings. The Morgan fingerprint density at radius 3 is 2.55 bits per heavy atom. The van der Waals surface area contributed by atoms with Gasteiger partial charge < -0.3 is 11.1 Å². The van der Waals surface area contributed by atoms with Gasteiger partial charge in [0, 0.05) is 27.2 Å². The van der Waals surface area contributed by atoms with Crippen molar-refractivity contribution in [2.45, 2.75) is 12.3 Å². The van der Waals surface area contributed by atoms with Crippen LogP contribution in [0.25, 0.3) is 22.0 Å². The summed E-state index contributed by atoms with van der Waals surface area (Å²) in [6.07, 6.45) is 2.18. The highest BCUT2D eigenvalue weighted by atomic mass is 35.5. The van der Waals surface area contributed by atoms with Gasteiger partial charge in [-0.1, -0.05) is 59.1 Å². The molecule has 158 valence electrons. The molecule has 31 heavy (non-hydrogen) atoms. The number of H-pyrrole nitrogens is 1. The monoisotopic (exact) mass is 472 g/mol. The third-order valence-corrected chi connectivity index (χ3v) is 6.17. The summed E-state index contributed by atoms with van der Waals surface area (Å²) >= 11 is 18.6. The minimum atomic E-state index is -0.469. The van der Waals surface area contributed by atoms with Crippen LogP contribution in [0.5, 0.6) is 0 Å². The number of amides is 1. The van der Waals surface area contributed by atoms with Crippen LogP contribution in [-0.4, -0.2) is 22.6 Å². The van der Waals surface area contributed by atoms with Crippen LogP contribution in [0.2, 0.25) is 15.1 Å². The first-order valence-corrected chi connectivity index (χ1v) is 10.8. The number of fused-ring (bicyclic) bond motifs is 1. The summed E-state index contributed by atoms with van der Waals surface area (Å²) in [6, 6.07) is 16.5. The van der Waals surface area contributed by atoms with Crippen molar-refractivity contribution in [3.05, 3.63) is 81.4 Å². The van der Waals surface area contributed by atoms with Gasteiger partial charge in [-0.25, -0.2) is 0 Å². The molecule has 0 radical (unpaired) electrons. The highest BCUT2D eigenvalue weighted by molar-refractivity contribution is 6.42. The number of nitrogens with one attached hydrogen (secondary N) is 2. The molecule has 0 aliphatic heterocycles. The Hall–Kier alpha value is -2.57. The normalized spacial score (nSPS) is 12.1. The van der Waals surface area contributed by atoms with Gasteiger partial charge in [-0.2, -0.15) is 5.10 Å². The van der Waals surface area contributed by atoms with Gasteiger partial charge in [0.2, 0.25) is 5.91 Å². The van der Waals surface area contributed by atoms with Crippen molar-refractivity contribution in [2.24, 2.45) is 5.73 Å². The third-order valence-electron chi connectivity index (χ3n) is 5.10. The van der Waals surface area contributed by atoms with Crippen molar-refractivity contribution < 1.29 is 4.79 Å². The van der Waals surface area contributed by atoms with Gasteiger partial charge in [-0.15, -0.1) is 0 Å². The molecule has 0 spiro atoms. The average Bonchev–Trinajstić information content (AvgIpc) is 3.22. The van der Waals surface area contributed by atoms with E-state index in [1.807, 2.05) is 36.4 Å². The fourth-order valence-corrected chi connectivity index (χ4v) is 4.14. The second-order valence-corrected chi connectivity index (χ2v) is 8.35. The summed E-state index contributed by atoms with van der Waals surface area (Å²) in [5.74, 6) is -0.652. The van der Waals surface area contributed by atoms with Gasteiger partial charge in [0.05, 0.1) is 27.7 Å². The molecule has 8 heteroatoms. The molecule has 1 atom stereocenters. The molecule has 4 N–H and O–H groups in total. The lowest BCUT2D eigenvalue weighted by Gasteiger charge is -2.18. The minimum Gasteiger partial charge on any atom is -0.330 e. The smallest absolute Gasteiger partial charge is 0.231 e. The number of aromatic nitrogens is 2. The molecule has 0 bridgehead atoms. The first-order chi connectivity index (χ1) is 15.0. The van der Waals surface area contributed by atoms with Gasteiger partial charge in [0.15, 0.2) is 0 Å². The topological polar surface area (TPSA) is 83.8 Å². The molecule has 5 nitrogen and oxygen atoms in total. The number of carbonyl (C=O) groups excluding carboxylic acids is 1. The Kier molecular flexibility index (Phi) is 6.49. The summed E-state index contributed by atoms with van der Waals surface area (Å²) in [4.78, 5) is 13.2. The molecule has 1 unspecified atom stereocenters. The summed E-state index contributed by atoms with van der Waals surface area (Å²) in [5.41, 5.74) is 9.70. The number of nitrogens with zero attached hydrogens (tertiary/aromatic N) is 1. The van der Waals surface area contributed by atoms with Crippen LogP contribution in [0.1, 0.15) is 17.9 Å². The quantitative estimate of drug-likeness (QED) is 0.309. The number of carbonyl (C=O) groups is 1. The number of hydrogen-bond acceptors (Lipinski definition) is 3. The van der Waals surface area contributed by atoms with Gasteiger partial charge in [-0.3, -0.25) is 9.89 Å². The molecule has 1 amide bonds. The maximum absolute atomic E-state index is 13.2. The summed E-state index contributed by atoms with van der Waals surface area (Å²) < 4.78 is 0. The number of halogens is 3. The molecule has 3 aromatic carbocycles. The molecule has 4 aromatic rings. The zero-order valence-electron chi connectivity index (χ0n) is 16.3. The summed E-state index contributed by atoms with van der Waals surface area (Å²) in [5, 5.41) is 12.5. The molecule has 1 heterocycles. The minimum absolute atomic E-state index is 0.184. The predicted octanol–water partition coefficient (Wildman–Crippen LogP) is 6.26. The second kappa shape index (κ2) is 9.28. The van der Waals surface area contributed by atoms with E-state index in [0.717, 1.165) is 27.6 Å². The van der Waals surface area contributed by atoms with E-state index < -0.39 is 5.92 Å². The Labute approximate surface area is 194 Å². The third kappa shape index (κ3) is 4.55. The van der Waals surface area contributed by atoms with Crippen LogP contribution in [0.3, 0.4) is 0 Å². The summed E-state index contributed by atoms with van der Waals surface area (Å²) in [6.45, 7) is 0.351. The highest BCUT2D eigenvalue weighted by Crippen LogP contribution is 2.35. The zero-order chi connectivity index (χ0) is 22.0. The van der Waals surface area contributed by atoms with Crippen molar-refractivity contribution in [2.75, 3.05) is 11.9 Å². The SMILES string of the molecule is NCCC(C(=O)Nc1cc(-c2ccccc2Cl)c2[nH]ncc2c1)c1ccc(Cl)c(Cl)c1. The maximum Gasteiger partial charge on any atom is 0.231 e. The van der Waals surface area contributed by atoms with Crippen molar-refractivity contribution in [1.29, 1.82) is 0 Å².